The van der Waals surface area contributed by atoms with Gasteiger partial charge in [-0.3, -0.25) is 9.48 Å². The second kappa shape index (κ2) is 5.21. The Morgan fingerprint density at radius 2 is 1.95 bits per heavy atom. The summed E-state index contributed by atoms with van der Waals surface area (Å²) in [6, 6.07) is 7.49. The quantitative estimate of drug-likeness (QED) is 0.753. The molecule has 0 saturated heterocycles. The molecule has 1 heterocycles. The molecule has 1 aromatic carbocycles. The zero-order chi connectivity index (χ0) is 13.8. The number of benzene rings is 1. The van der Waals surface area contributed by atoms with Gasteiger partial charge in [-0.15, -0.1) is 0 Å². The van der Waals surface area contributed by atoms with E-state index in [1.165, 1.54) is 28.9 Å². The molecule has 2 aromatic rings. The lowest BCUT2D eigenvalue weighted by molar-refractivity contribution is -0.116. The van der Waals surface area contributed by atoms with E-state index < -0.39 is 5.97 Å². The molecule has 1 aromatic heterocycles. The maximum absolute atomic E-state index is 11.7. The third-order valence-corrected chi connectivity index (χ3v) is 2.38. The fraction of sp³-hybridized carbons (Fsp3) is 0.0833. The van der Waals surface area contributed by atoms with Gasteiger partial charge in [0.05, 0.1) is 5.56 Å². The molecule has 0 fully saturated rings. The highest BCUT2D eigenvalue weighted by Gasteiger charge is 2.06. The number of carbonyl (C=O) groups excluding carboxylic acids is 1. The number of anilines is 2. The van der Waals surface area contributed by atoms with Crippen molar-refractivity contribution in [2.75, 3.05) is 11.1 Å². The number of aromatic nitrogens is 2. The van der Waals surface area contributed by atoms with Crippen LogP contribution in [-0.4, -0.2) is 26.8 Å². The SMILES string of the molecule is Nc1ccn(CC(=O)Nc2ccc(C(=O)O)cc2)n1. The maximum atomic E-state index is 11.7. The van der Waals surface area contributed by atoms with Gasteiger partial charge in [0.1, 0.15) is 12.4 Å². The summed E-state index contributed by atoms with van der Waals surface area (Å²) in [6.07, 6.45) is 1.60. The Bertz CT molecular complexity index is 604. The van der Waals surface area contributed by atoms with Crippen LogP contribution in [0, 0.1) is 0 Å². The van der Waals surface area contributed by atoms with Crippen molar-refractivity contribution < 1.29 is 14.7 Å². The van der Waals surface area contributed by atoms with Gasteiger partial charge in [-0.1, -0.05) is 0 Å². The number of hydrogen-bond donors (Lipinski definition) is 3. The Kier molecular flexibility index (Phi) is 3.46. The van der Waals surface area contributed by atoms with E-state index in [4.69, 9.17) is 10.8 Å². The first-order valence-corrected chi connectivity index (χ1v) is 5.47. The number of rotatable bonds is 4. The monoisotopic (exact) mass is 260 g/mol. The number of hydrogen-bond acceptors (Lipinski definition) is 4. The van der Waals surface area contributed by atoms with Crippen molar-refractivity contribution in [1.82, 2.24) is 9.78 Å². The van der Waals surface area contributed by atoms with Crippen LogP contribution in [0.15, 0.2) is 36.5 Å². The van der Waals surface area contributed by atoms with Gasteiger partial charge in [0.2, 0.25) is 5.91 Å². The van der Waals surface area contributed by atoms with Gasteiger partial charge in [0.25, 0.3) is 0 Å². The van der Waals surface area contributed by atoms with Gasteiger partial charge in [-0.2, -0.15) is 5.10 Å². The smallest absolute Gasteiger partial charge is 0.335 e. The predicted molar refractivity (Wildman–Crippen MR) is 68.7 cm³/mol. The third-order valence-electron chi connectivity index (χ3n) is 2.38. The normalized spacial score (nSPS) is 10.1. The maximum Gasteiger partial charge on any atom is 0.335 e. The van der Waals surface area contributed by atoms with Gasteiger partial charge in [-0.25, -0.2) is 4.79 Å². The van der Waals surface area contributed by atoms with Gasteiger partial charge in [0.15, 0.2) is 0 Å². The molecule has 7 heteroatoms. The first-order chi connectivity index (χ1) is 9.04. The van der Waals surface area contributed by atoms with E-state index in [1.54, 1.807) is 12.3 Å². The average molecular weight is 260 g/mol. The molecule has 7 nitrogen and oxygen atoms in total. The number of nitrogen functional groups attached to an aromatic ring is 1. The topological polar surface area (TPSA) is 110 Å². The molecule has 0 saturated carbocycles. The number of nitrogens with two attached hydrogens (primary N) is 1. The van der Waals surface area contributed by atoms with Crippen molar-refractivity contribution in [2.45, 2.75) is 6.54 Å². The highest BCUT2D eigenvalue weighted by molar-refractivity contribution is 5.92. The first kappa shape index (κ1) is 12.6. The van der Waals surface area contributed by atoms with Crippen LogP contribution >= 0.6 is 0 Å². The van der Waals surface area contributed by atoms with Crippen LogP contribution in [0.5, 0.6) is 0 Å². The van der Waals surface area contributed by atoms with Crippen LogP contribution in [0.3, 0.4) is 0 Å². The van der Waals surface area contributed by atoms with Crippen LogP contribution in [0.2, 0.25) is 0 Å². The Morgan fingerprint density at radius 3 is 2.47 bits per heavy atom. The van der Waals surface area contributed by atoms with Crippen molar-refractivity contribution in [1.29, 1.82) is 0 Å². The molecule has 0 atom stereocenters. The summed E-state index contributed by atoms with van der Waals surface area (Å²) >= 11 is 0. The molecule has 0 aliphatic heterocycles. The third kappa shape index (κ3) is 3.32. The minimum absolute atomic E-state index is 0.0396. The van der Waals surface area contributed by atoms with Gasteiger partial charge in [0, 0.05) is 11.9 Å². The van der Waals surface area contributed by atoms with Crippen LogP contribution in [0.1, 0.15) is 10.4 Å². The van der Waals surface area contributed by atoms with Crippen LogP contribution < -0.4 is 11.1 Å². The van der Waals surface area contributed by atoms with Crippen molar-refractivity contribution in [3.05, 3.63) is 42.1 Å². The summed E-state index contributed by atoms with van der Waals surface area (Å²) < 4.78 is 1.41. The number of carboxylic acids is 1. The second-order valence-corrected chi connectivity index (χ2v) is 3.87. The zero-order valence-corrected chi connectivity index (χ0v) is 9.91. The summed E-state index contributed by atoms with van der Waals surface area (Å²) in [5, 5.41) is 15.3. The molecule has 0 unspecified atom stereocenters. The van der Waals surface area contributed by atoms with Gasteiger partial charge < -0.3 is 16.2 Å². The Hall–Kier alpha value is -2.83. The molecular formula is C12H12N4O3. The molecule has 0 aliphatic carbocycles. The number of amides is 1. The van der Waals surface area contributed by atoms with E-state index in [0.29, 0.717) is 11.5 Å². The van der Waals surface area contributed by atoms with E-state index in [2.05, 4.69) is 10.4 Å². The number of carbonyl (C=O) groups is 2. The Morgan fingerprint density at radius 1 is 1.26 bits per heavy atom. The van der Waals surface area contributed by atoms with Crippen LogP contribution in [0.4, 0.5) is 11.5 Å². The number of carboxylic acid groups (broad SMARTS) is 1. The first-order valence-electron chi connectivity index (χ1n) is 5.47. The van der Waals surface area contributed by atoms with Crippen molar-refractivity contribution in [2.24, 2.45) is 0 Å². The van der Waals surface area contributed by atoms with E-state index >= 15 is 0 Å². The van der Waals surface area contributed by atoms with Gasteiger partial charge >= 0.3 is 5.97 Å². The molecule has 0 spiro atoms. The van der Waals surface area contributed by atoms with Crippen LogP contribution in [-0.2, 0) is 11.3 Å². The standard InChI is InChI=1S/C12H12N4O3/c13-10-5-6-16(15-10)7-11(17)14-9-3-1-8(2-4-9)12(18)19/h1-6H,7H2,(H2,13,15)(H,14,17)(H,18,19). The zero-order valence-electron chi connectivity index (χ0n) is 9.91. The Balaban J connectivity index is 1.97. The molecule has 0 bridgehead atoms. The van der Waals surface area contributed by atoms with Gasteiger partial charge in [-0.05, 0) is 30.3 Å². The minimum Gasteiger partial charge on any atom is -0.478 e. The summed E-state index contributed by atoms with van der Waals surface area (Å²) in [5.41, 5.74) is 6.12. The molecule has 2 rings (SSSR count). The van der Waals surface area contributed by atoms with Crippen LogP contribution in [0.25, 0.3) is 0 Å². The molecular weight excluding hydrogens is 248 g/mol. The molecule has 98 valence electrons. The number of nitrogens with one attached hydrogen (secondary N) is 1. The summed E-state index contributed by atoms with van der Waals surface area (Å²) in [4.78, 5) is 22.3. The number of nitrogens with zero attached hydrogens (tertiary/aromatic N) is 2. The molecule has 1 amide bonds. The molecule has 4 N–H and O–H groups in total. The highest BCUT2D eigenvalue weighted by atomic mass is 16.4. The lowest BCUT2D eigenvalue weighted by Crippen LogP contribution is -2.19. The van der Waals surface area contributed by atoms with Crippen molar-refractivity contribution in [3.8, 4) is 0 Å². The molecule has 19 heavy (non-hydrogen) atoms. The molecule has 0 aliphatic rings. The largest absolute Gasteiger partial charge is 0.478 e. The van der Waals surface area contributed by atoms with E-state index in [0.717, 1.165) is 0 Å². The van der Waals surface area contributed by atoms with E-state index in [1.807, 2.05) is 0 Å². The lowest BCUT2D eigenvalue weighted by atomic mass is 10.2. The second-order valence-electron chi connectivity index (χ2n) is 3.87. The van der Waals surface area contributed by atoms with E-state index in [-0.39, 0.29) is 18.0 Å². The fourth-order valence-corrected chi connectivity index (χ4v) is 1.51. The average Bonchev–Trinajstić information content (AvgIpc) is 2.75. The highest BCUT2D eigenvalue weighted by Crippen LogP contribution is 2.09. The van der Waals surface area contributed by atoms with Crippen molar-refractivity contribution in [3.63, 3.8) is 0 Å². The molecule has 0 radical (unpaired) electrons. The Labute approximate surface area is 108 Å². The van der Waals surface area contributed by atoms with Crippen molar-refractivity contribution >= 4 is 23.4 Å². The minimum atomic E-state index is -1.01. The summed E-state index contributed by atoms with van der Waals surface area (Å²) in [6.45, 7) is 0.0396. The predicted octanol–water partition coefficient (Wildman–Crippen LogP) is 0.802. The lowest BCUT2D eigenvalue weighted by Gasteiger charge is -2.05. The summed E-state index contributed by atoms with van der Waals surface area (Å²) in [7, 11) is 0. The van der Waals surface area contributed by atoms with E-state index in [9.17, 15) is 9.59 Å². The summed E-state index contributed by atoms with van der Waals surface area (Å²) in [5.74, 6) is -0.935. The fourth-order valence-electron chi connectivity index (χ4n) is 1.51. The number of aromatic carboxylic acids is 1.